The second-order valence-electron chi connectivity index (χ2n) is 5.60. The fourth-order valence-corrected chi connectivity index (χ4v) is 3.35. The van der Waals surface area contributed by atoms with Crippen molar-refractivity contribution in [3.05, 3.63) is 58.4 Å². The summed E-state index contributed by atoms with van der Waals surface area (Å²) in [5.41, 5.74) is 4.67. The molecule has 1 aliphatic rings. The maximum Gasteiger partial charge on any atom is 0.108 e. The average Bonchev–Trinajstić information content (AvgIpc) is 2.90. The molecule has 0 fully saturated rings. The quantitative estimate of drug-likeness (QED) is 0.743. The summed E-state index contributed by atoms with van der Waals surface area (Å²) in [6.45, 7) is 1.51. The van der Waals surface area contributed by atoms with Crippen molar-refractivity contribution in [1.82, 2.24) is 10.3 Å². The first-order valence-electron chi connectivity index (χ1n) is 7.68. The van der Waals surface area contributed by atoms with Crippen molar-refractivity contribution in [2.45, 2.75) is 32.2 Å². The molecule has 116 valence electrons. The summed E-state index contributed by atoms with van der Waals surface area (Å²) in [5.74, 6) is 0. The minimum absolute atomic E-state index is 0.227. The average molecular weight is 319 g/mol. The topological polar surface area (TPSA) is 27.8 Å². The molecule has 0 saturated carbocycles. The van der Waals surface area contributed by atoms with E-state index < -0.39 is 6.67 Å². The summed E-state index contributed by atoms with van der Waals surface area (Å²) in [6, 6.07) is 6.21. The lowest BCUT2D eigenvalue weighted by Gasteiger charge is -2.25. The summed E-state index contributed by atoms with van der Waals surface area (Å²) in [6.07, 6.45) is 8.56. The maximum absolute atomic E-state index is 12.3. The van der Waals surface area contributed by atoms with Gasteiger partial charge in [0.25, 0.3) is 0 Å². The molecule has 1 aromatic carbocycles. The van der Waals surface area contributed by atoms with E-state index >= 15 is 0 Å². The highest BCUT2D eigenvalue weighted by atomic mass is 35.5. The summed E-state index contributed by atoms with van der Waals surface area (Å²) in [4.78, 5) is 3.53. The Morgan fingerprint density at radius 1 is 1.50 bits per heavy atom. The third kappa shape index (κ3) is 2.91. The Morgan fingerprint density at radius 2 is 2.36 bits per heavy atom. The minimum atomic E-state index is -0.445. The van der Waals surface area contributed by atoms with Crippen LogP contribution < -0.4 is 5.32 Å². The molecule has 1 aliphatic carbocycles. The van der Waals surface area contributed by atoms with Crippen molar-refractivity contribution in [2.75, 3.05) is 6.67 Å². The number of halogens is 2. The van der Waals surface area contributed by atoms with Crippen molar-refractivity contribution in [3.8, 4) is 0 Å². The monoisotopic (exact) mass is 318 g/mol. The smallest absolute Gasteiger partial charge is 0.108 e. The number of allylic oxidation sites excluding steroid dienone is 3. The number of aromatic amines is 1. The molecule has 2 nitrogen and oxygen atoms in total. The predicted molar refractivity (Wildman–Crippen MR) is 91.0 cm³/mol. The summed E-state index contributed by atoms with van der Waals surface area (Å²) in [7, 11) is 0. The van der Waals surface area contributed by atoms with Crippen LogP contribution >= 0.6 is 11.6 Å². The van der Waals surface area contributed by atoms with Crippen LogP contribution in [0.15, 0.2) is 42.1 Å². The van der Waals surface area contributed by atoms with Crippen LogP contribution in [0.5, 0.6) is 0 Å². The third-order valence-corrected chi connectivity index (χ3v) is 4.44. The molecule has 1 heterocycles. The lowest BCUT2D eigenvalue weighted by molar-refractivity contribution is 0.495. The highest BCUT2D eigenvalue weighted by Crippen LogP contribution is 2.36. The zero-order valence-corrected chi connectivity index (χ0v) is 13.4. The van der Waals surface area contributed by atoms with Crippen LogP contribution in [0, 0.1) is 0 Å². The van der Waals surface area contributed by atoms with E-state index in [2.05, 4.69) is 10.3 Å². The summed E-state index contributed by atoms with van der Waals surface area (Å²) >= 11 is 6.14. The van der Waals surface area contributed by atoms with Crippen molar-refractivity contribution in [3.63, 3.8) is 0 Å². The molecule has 0 aliphatic heterocycles. The van der Waals surface area contributed by atoms with Gasteiger partial charge in [0.1, 0.15) is 6.67 Å². The Kier molecular flexibility index (Phi) is 4.53. The van der Waals surface area contributed by atoms with Crippen LogP contribution in [0.3, 0.4) is 0 Å². The zero-order chi connectivity index (χ0) is 15.5. The molecule has 1 aromatic heterocycles. The van der Waals surface area contributed by atoms with Crippen LogP contribution in [0.2, 0.25) is 5.02 Å². The zero-order valence-electron chi connectivity index (χ0n) is 12.6. The number of H-pyrrole nitrogens is 1. The molecule has 22 heavy (non-hydrogen) atoms. The molecule has 0 amide bonds. The Bertz CT molecular complexity index is 730. The largest absolute Gasteiger partial charge is 0.377 e. The molecule has 2 N–H and O–H groups in total. The van der Waals surface area contributed by atoms with Crippen LogP contribution in [0.4, 0.5) is 4.39 Å². The lowest BCUT2D eigenvalue weighted by atomic mass is 9.91. The van der Waals surface area contributed by atoms with E-state index in [-0.39, 0.29) is 6.04 Å². The second kappa shape index (κ2) is 6.57. The number of aromatic nitrogens is 1. The van der Waals surface area contributed by atoms with Gasteiger partial charge < -0.3 is 10.3 Å². The lowest BCUT2D eigenvalue weighted by Crippen LogP contribution is -2.24. The number of rotatable bonds is 4. The van der Waals surface area contributed by atoms with Crippen molar-refractivity contribution >= 4 is 22.5 Å². The number of nitrogens with one attached hydrogen (secondary N) is 2. The highest BCUT2D eigenvalue weighted by Gasteiger charge is 2.24. The van der Waals surface area contributed by atoms with Crippen LogP contribution in [0.1, 0.15) is 37.1 Å². The molecule has 1 atom stereocenters. The van der Waals surface area contributed by atoms with Gasteiger partial charge in [0.2, 0.25) is 0 Å². The first-order chi connectivity index (χ1) is 10.7. The van der Waals surface area contributed by atoms with E-state index in [0.717, 1.165) is 35.5 Å². The van der Waals surface area contributed by atoms with Gasteiger partial charge in [0.05, 0.1) is 6.04 Å². The van der Waals surface area contributed by atoms with E-state index in [1.807, 2.05) is 31.2 Å². The molecule has 0 saturated heterocycles. The maximum atomic E-state index is 12.3. The number of fused-ring (bicyclic) bond motifs is 3. The molecule has 1 unspecified atom stereocenters. The predicted octanol–water partition coefficient (Wildman–Crippen LogP) is 5.22. The highest BCUT2D eigenvalue weighted by molar-refractivity contribution is 6.31. The first kappa shape index (κ1) is 15.2. The molecule has 0 spiro atoms. The van der Waals surface area contributed by atoms with Gasteiger partial charge in [0.15, 0.2) is 0 Å². The Balaban J connectivity index is 1.94. The van der Waals surface area contributed by atoms with Gasteiger partial charge >= 0.3 is 0 Å². The van der Waals surface area contributed by atoms with E-state index in [4.69, 9.17) is 11.6 Å². The van der Waals surface area contributed by atoms with Gasteiger partial charge in [-0.1, -0.05) is 23.8 Å². The number of benzene rings is 1. The van der Waals surface area contributed by atoms with Gasteiger partial charge in [-0.15, -0.1) is 0 Å². The normalized spacial score (nSPS) is 18.9. The first-order valence-corrected chi connectivity index (χ1v) is 8.06. The van der Waals surface area contributed by atoms with Crippen LogP contribution in [-0.2, 0) is 6.42 Å². The number of alkyl halides is 1. The van der Waals surface area contributed by atoms with Gasteiger partial charge in [-0.05, 0) is 56.0 Å². The summed E-state index contributed by atoms with van der Waals surface area (Å²) < 4.78 is 12.3. The molecular weight excluding hydrogens is 299 g/mol. The number of hydrogen-bond donors (Lipinski definition) is 2. The Hall–Kier alpha value is -1.74. The molecule has 4 heteroatoms. The second-order valence-corrected chi connectivity index (χ2v) is 6.03. The van der Waals surface area contributed by atoms with Crippen molar-refractivity contribution < 1.29 is 4.39 Å². The molecular formula is C18H20ClFN2. The van der Waals surface area contributed by atoms with Crippen molar-refractivity contribution in [1.29, 1.82) is 0 Å². The number of hydrogen-bond acceptors (Lipinski definition) is 1. The van der Waals surface area contributed by atoms with Crippen molar-refractivity contribution in [2.24, 2.45) is 0 Å². The molecule has 0 bridgehead atoms. The minimum Gasteiger partial charge on any atom is -0.377 e. The van der Waals surface area contributed by atoms with Gasteiger partial charge in [-0.2, -0.15) is 0 Å². The molecule has 2 aromatic rings. The van der Waals surface area contributed by atoms with E-state index in [0.29, 0.717) is 0 Å². The third-order valence-electron chi connectivity index (χ3n) is 4.21. The summed E-state index contributed by atoms with van der Waals surface area (Å²) in [5, 5.41) is 5.50. The van der Waals surface area contributed by atoms with Gasteiger partial charge in [-0.3, -0.25) is 0 Å². The van der Waals surface area contributed by atoms with E-state index in [1.54, 1.807) is 6.08 Å². The molecule has 0 radical (unpaired) electrons. The van der Waals surface area contributed by atoms with Crippen LogP contribution in [-0.4, -0.2) is 11.7 Å². The van der Waals surface area contributed by atoms with Gasteiger partial charge in [-0.25, -0.2) is 4.39 Å². The fourth-order valence-electron chi connectivity index (χ4n) is 3.18. The van der Waals surface area contributed by atoms with Gasteiger partial charge in [0, 0.05) is 27.3 Å². The van der Waals surface area contributed by atoms with E-state index in [9.17, 15) is 4.39 Å². The fraction of sp³-hybridized carbons (Fsp3) is 0.333. The van der Waals surface area contributed by atoms with E-state index in [1.165, 1.54) is 22.7 Å². The standard InChI is InChI=1S/C18H20ClFN2/c1-2-13(5-4-10-20)21-17-7-3-6-14-15-11-12(19)8-9-16(15)22-18(14)17/h2,4-5,8-9,11,17,21-22H,3,6-7,10H2,1H3/b5-4-,13-2+. The number of aryl methyl sites for hydroxylation is 1. The Morgan fingerprint density at radius 3 is 3.14 bits per heavy atom. The molecule has 3 rings (SSSR count). The Labute approximate surface area is 135 Å². The van der Waals surface area contributed by atoms with Crippen LogP contribution in [0.25, 0.3) is 10.9 Å². The SMILES string of the molecule is C/C=C(\C=C/CF)NC1CCCc2c1[nH]c1ccc(Cl)cc21.